The molecule has 0 radical (unpaired) electrons. The van der Waals surface area contributed by atoms with E-state index in [0.717, 1.165) is 22.4 Å². The van der Waals surface area contributed by atoms with Gasteiger partial charge in [0, 0.05) is 10.0 Å². The Balaban J connectivity index is 1.66. The average Bonchev–Trinajstić information content (AvgIpc) is 2.99. The molecule has 1 nitrogen and oxygen atoms in total. The van der Waals surface area contributed by atoms with Crippen LogP contribution in [0.1, 0.15) is 10.4 Å². The first-order chi connectivity index (χ1) is 18.7. The number of carbonyl (C=O) groups is 1. The molecule has 0 unspecified atom stereocenters. The van der Waals surface area contributed by atoms with Crippen molar-refractivity contribution >= 4 is 63.5 Å². The summed E-state index contributed by atoms with van der Waals surface area (Å²) in [6.07, 6.45) is 1.91. The monoisotopic (exact) mass is 594 g/mol. The summed E-state index contributed by atoms with van der Waals surface area (Å²) < 4.78 is 0.970. The third-order valence-corrected chi connectivity index (χ3v) is 14.2. The number of hydrogen-bond acceptors (Lipinski definition) is 1. The first kappa shape index (κ1) is 26.6. The van der Waals surface area contributed by atoms with Gasteiger partial charge in [0.25, 0.3) is 0 Å². The molecule has 5 aromatic rings. The van der Waals surface area contributed by atoms with Crippen LogP contribution in [-0.2, 0) is 0 Å². The Bertz CT molecular complexity index is 1440. The quantitative estimate of drug-likeness (QED) is 0.130. The molecule has 188 valence electrons. The third kappa shape index (κ3) is 6.16. The van der Waals surface area contributed by atoms with Gasteiger partial charge >= 0.3 is 0 Å². The van der Waals surface area contributed by atoms with Crippen LogP contribution in [0.25, 0.3) is 0 Å². The molecule has 0 spiro atoms. The first-order valence-electron chi connectivity index (χ1n) is 12.7. The molecule has 0 N–H and O–H groups in total. The summed E-state index contributed by atoms with van der Waals surface area (Å²) in [5.74, 6) is 2.16. The lowest BCUT2D eigenvalue weighted by Crippen LogP contribution is -2.26. The smallest absolute Gasteiger partial charge is 0.186 e. The van der Waals surface area contributed by atoms with Gasteiger partial charge in [-0.2, -0.15) is 0 Å². The number of benzene rings is 5. The summed E-state index contributed by atoms with van der Waals surface area (Å²) in [4.78, 5) is 13.9. The number of carbonyl (C=O) groups excluding carboxylic acids is 1. The molecular weight excluding hydrogens is 566 g/mol. The highest BCUT2D eigenvalue weighted by atomic mass is 79.9. The van der Waals surface area contributed by atoms with Crippen molar-refractivity contribution in [1.82, 2.24) is 0 Å². The van der Waals surface area contributed by atoms with Crippen LogP contribution in [0, 0.1) is 0 Å². The van der Waals surface area contributed by atoms with E-state index in [1.54, 1.807) is 0 Å². The molecule has 4 heteroatoms. The molecule has 5 rings (SSSR count). The highest BCUT2D eigenvalue weighted by molar-refractivity contribution is 9.10. The third-order valence-electron chi connectivity index (χ3n) is 6.71. The topological polar surface area (TPSA) is 17.1 Å². The van der Waals surface area contributed by atoms with Crippen LogP contribution in [0.4, 0.5) is 0 Å². The minimum absolute atomic E-state index is 0.0855. The minimum Gasteiger partial charge on any atom is -0.289 e. The predicted octanol–water partition coefficient (Wildman–Crippen LogP) is 7.24. The lowest BCUT2D eigenvalue weighted by Gasteiger charge is -2.30. The second kappa shape index (κ2) is 12.7. The lowest BCUT2D eigenvalue weighted by atomic mass is 10.2. The maximum absolute atomic E-state index is 13.9. The molecule has 0 bridgehead atoms. The number of ketones is 1. The normalized spacial score (nSPS) is 11.3. The Hall–Kier alpha value is -3.02. The maximum atomic E-state index is 13.9. The van der Waals surface area contributed by atoms with E-state index in [9.17, 15) is 4.79 Å². The van der Waals surface area contributed by atoms with Crippen LogP contribution >= 0.6 is 30.7 Å². The zero-order valence-corrected chi connectivity index (χ0v) is 24.4. The number of Topliss-reactive ketones (excluding diaryl/α,β-unsaturated/α-hetero) is 1. The number of rotatable bonds is 9. The fourth-order valence-electron chi connectivity index (χ4n) is 4.78. The molecule has 0 aromatic heterocycles. The molecule has 0 amide bonds. The maximum Gasteiger partial charge on any atom is 0.186 e. The Kier molecular flexibility index (Phi) is 8.87. The van der Waals surface area contributed by atoms with Gasteiger partial charge in [-0.05, 0) is 78.4 Å². The van der Waals surface area contributed by atoms with Crippen molar-refractivity contribution in [2.75, 3.05) is 12.3 Å². The summed E-state index contributed by atoms with van der Waals surface area (Å²) in [7, 11) is -0.589. The first-order valence-corrected chi connectivity index (χ1v) is 17.0. The standard InChI is InChI=1S/C34H29BrOP2/c35-29-23-21-28(22-24-29)34(36)27-38(32-17-9-3-10-18-32,33-19-11-4-12-20-33)26-25-37(30-13-5-1-6-14-30)31-15-7-2-8-16-31/h1-24,27H,25-26H2. The van der Waals surface area contributed by atoms with Crippen molar-refractivity contribution in [1.29, 1.82) is 0 Å². The molecule has 0 aliphatic carbocycles. The molecule has 0 fully saturated rings. The summed E-state index contributed by atoms with van der Waals surface area (Å²) >= 11 is 3.50. The summed E-state index contributed by atoms with van der Waals surface area (Å²) in [5.41, 5.74) is 0.720. The van der Waals surface area contributed by atoms with E-state index in [2.05, 4.69) is 143 Å². The zero-order chi connectivity index (χ0) is 26.2. The Morgan fingerprint density at radius 3 is 1.47 bits per heavy atom. The molecule has 0 saturated heterocycles. The van der Waals surface area contributed by atoms with E-state index in [-0.39, 0.29) is 5.78 Å². The fraction of sp³-hybridized carbons (Fsp3) is 0.0588. The van der Waals surface area contributed by atoms with E-state index in [0.29, 0.717) is 0 Å². The molecular formula is C34H29BrOP2. The summed E-state index contributed by atoms with van der Waals surface area (Å²) in [6, 6.07) is 50.7. The highest BCUT2D eigenvalue weighted by Crippen LogP contribution is 2.48. The Morgan fingerprint density at radius 2 is 1.03 bits per heavy atom. The van der Waals surface area contributed by atoms with Crippen LogP contribution < -0.4 is 21.2 Å². The summed E-state index contributed by atoms with van der Waals surface area (Å²) in [6.45, 7) is -2.20. The van der Waals surface area contributed by atoms with Gasteiger partial charge in [-0.15, -0.1) is 0 Å². The van der Waals surface area contributed by atoms with E-state index < -0.39 is 14.8 Å². The van der Waals surface area contributed by atoms with Gasteiger partial charge in [-0.1, -0.05) is 137 Å². The van der Waals surface area contributed by atoms with Crippen molar-refractivity contribution in [2.45, 2.75) is 0 Å². The van der Waals surface area contributed by atoms with Crippen molar-refractivity contribution in [2.24, 2.45) is 0 Å². The molecule has 0 saturated carbocycles. The predicted molar refractivity (Wildman–Crippen MR) is 172 cm³/mol. The molecule has 0 aliphatic heterocycles. The van der Waals surface area contributed by atoms with Crippen molar-refractivity contribution in [3.8, 4) is 0 Å². The fourth-order valence-corrected chi connectivity index (χ4v) is 12.2. The Labute approximate surface area is 235 Å². The van der Waals surface area contributed by atoms with Crippen LogP contribution in [0.2, 0.25) is 0 Å². The van der Waals surface area contributed by atoms with Gasteiger partial charge in [-0.25, -0.2) is 0 Å². The second-order valence-corrected chi connectivity index (χ2v) is 15.8. The second-order valence-electron chi connectivity index (χ2n) is 9.09. The summed E-state index contributed by atoms with van der Waals surface area (Å²) in [5, 5.41) is 5.22. The Morgan fingerprint density at radius 1 is 0.605 bits per heavy atom. The molecule has 0 aliphatic rings. The van der Waals surface area contributed by atoms with Gasteiger partial charge in [0.15, 0.2) is 5.78 Å². The van der Waals surface area contributed by atoms with Gasteiger partial charge in [0.1, 0.15) is 0 Å². The minimum atomic E-state index is -2.20. The van der Waals surface area contributed by atoms with Gasteiger partial charge in [0.2, 0.25) is 0 Å². The lowest BCUT2D eigenvalue weighted by molar-refractivity contribution is 0.107. The number of halogens is 1. The van der Waals surface area contributed by atoms with Crippen molar-refractivity contribution in [3.63, 3.8) is 0 Å². The highest BCUT2D eigenvalue weighted by Gasteiger charge is 2.27. The largest absolute Gasteiger partial charge is 0.289 e. The van der Waals surface area contributed by atoms with Crippen molar-refractivity contribution < 1.29 is 4.79 Å². The van der Waals surface area contributed by atoms with Gasteiger partial charge in [0.05, 0.1) is 0 Å². The molecule has 5 aromatic carbocycles. The molecule has 38 heavy (non-hydrogen) atoms. The van der Waals surface area contributed by atoms with E-state index in [1.807, 2.05) is 24.3 Å². The van der Waals surface area contributed by atoms with Crippen LogP contribution in [-0.4, -0.2) is 23.9 Å². The van der Waals surface area contributed by atoms with Crippen LogP contribution in [0.3, 0.4) is 0 Å². The van der Waals surface area contributed by atoms with Crippen molar-refractivity contribution in [3.05, 3.63) is 156 Å². The molecule has 0 heterocycles. The average molecular weight is 595 g/mol. The number of hydrogen-bond donors (Lipinski definition) is 0. The van der Waals surface area contributed by atoms with Gasteiger partial charge in [-0.3, -0.25) is 4.79 Å². The van der Waals surface area contributed by atoms with E-state index in [4.69, 9.17) is 0 Å². The van der Waals surface area contributed by atoms with E-state index in [1.165, 1.54) is 21.2 Å². The van der Waals surface area contributed by atoms with Crippen LogP contribution in [0.15, 0.2) is 150 Å². The van der Waals surface area contributed by atoms with Gasteiger partial charge < -0.3 is 0 Å². The SMILES string of the molecule is O=C(C=P(CCP(c1ccccc1)c1ccccc1)(c1ccccc1)c1ccccc1)c1ccc(Br)cc1. The van der Waals surface area contributed by atoms with E-state index >= 15 is 0 Å². The zero-order valence-electron chi connectivity index (χ0n) is 21.0. The van der Waals surface area contributed by atoms with Crippen LogP contribution in [0.5, 0.6) is 0 Å². The molecule has 0 atom stereocenters.